The molecule has 1 saturated heterocycles. The van der Waals surface area contributed by atoms with Gasteiger partial charge in [-0.25, -0.2) is 0 Å². The molecule has 1 aromatic heterocycles. The van der Waals surface area contributed by atoms with Crippen molar-refractivity contribution in [2.24, 2.45) is 11.3 Å². The molecule has 1 N–H and O–H groups in total. The van der Waals surface area contributed by atoms with Crippen molar-refractivity contribution in [3.05, 3.63) is 20.8 Å². The van der Waals surface area contributed by atoms with Gasteiger partial charge in [0.2, 0.25) is 0 Å². The zero-order valence-corrected chi connectivity index (χ0v) is 12.7. The normalized spacial score (nSPS) is 29.5. The van der Waals surface area contributed by atoms with Gasteiger partial charge < -0.3 is 10.0 Å². The number of carbonyl (C=O) groups is 2. The molecule has 0 unspecified atom stereocenters. The number of likely N-dealkylation sites (tertiary alicyclic amines) is 1. The van der Waals surface area contributed by atoms with Crippen LogP contribution in [0.15, 0.2) is 15.9 Å². The summed E-state index contributed by atoms with van der Waals surface area (Å²) in [5.74, 6) is -0.652. The van der Waals surface area contributed by atoms with Crippen LogP contribution in [0.4, 0.5) is 0 Å². The molecule has 3 rings (SSSR count). The second-order valence-electron chi connectivity index (χ2n) is 5.37. The summed E-state index contributed by atoms with van der Waals surface area (Å²) in [5.41, 5.74) is -0.690. The van der Waals surface area contributed by atoms with Crippen LogP contribution in [-0.2, 0) is 4.79 Å². The standard InChI is InChI=1S/C13H14BrNO3S/c14-9-4-10(19-6-9)11(16)15-5-8-2-1-3-13(8,7-15)12(17)18/h4,6,8H,1-3,5,7H2,(H,17,18)/t8-,13+/m0/s1. The van der Waals surface area contributed by atoms with Crippen LogP contribution in [0.25, 0.3) is 0 Å². The van der Waals surface area contributed by atoms with Crippen molar-refractivity contribution in [2.75, 3.05) is 13.1 Å². The first-order chi connectivity index (χ1) is 9.03. The van der Waals surface area contributed by atoms with Crippen LogP contribution >= 0.6 is 27.3 Å². The molecule has 2 fully saturated rings. The zero-order chi connectivity index (χ0) is 13.6. The van der Waals surface area contributed by atoms with Gasteiger partial charge in [0, 0.05) is 22.9 Å². The minimum absolute atomic E-state index is 0.0364. The Kier molecular flexibility index (Phi) is 3.17. The van der Waals surface area contributed by atoms with Crippen molar-refractivity contribution in [1.82, 2.24) is 4.90 Å². The Morgan fingerprint density at radius 3 is 2.89 bits per heavy atom. The maximum atomic E-state index is 12.4. The molecule has 1 aliphatic carbocycles. The number of rotatable bonds is 2. The van der Waals surface area contributed by atoms with Gasteiger partial charge in [-0.15, -0.1) is 11.3 Å². The Morgan fingerprint density at radius 2 is 2.32 bits per heavy atom. The molecular formula is C13H14BrNO3S. The Bertz CT molecular complexity index is 544. The summed E-state index contributed by atoms with van der Waals surface area (Å²) < 4.78 is 0.896. The molecule has 1 amide bonds. The van der Waals surface area contributed by atoms with E-state index in [1.54, 1.807) is 11.0 Å². The third kappa shape index (κ3) is 2.01. The summed E-state index contributed by atoms with van der Waals surface area (Å²) in [6, 6.07) is 1.80. The molecule has 0 bridgehead atoms. The molecule has 1 saturated carbocycles. The Balaban J connectivity index is 1.82. The van der Waals surface area contributed by atoms with Gasteiger partial charge >= 0.3 is 5.97 Å². The topological polar surface area (TPSA) is 57.6 Å². The molecule has 6 heteroatoms. The lowest BCUT2D eigenvalue weighted by molar-refractivity contribution is -0.149. The SMILES string of the molecule is O=C(c1cc(Br)cs1)N1C[C@@H]2CCC[C@@]2(C(=O)O)C1. The van der Waals surface area contributed by atoms with Gasteiger partial charge in [-0.05, 0) is 40.8 Å². The molecule has 4 nitrogen and oxygen atoms in total. The van der Waals surface area contributed by atoms with Gasteiger partial charge in [-0.2, -0.15) is 0 Å². The Labute approximate surface area is 123 Å². The fraction of sp³-hybridized carbons (Fsp3) is 0.538. The third-order valence-electron chi connectivity index (χ3n) is 4.36. The Hall–Kier alpha value is -0.880. The predicted molar refractivity (Wildman–Crippen MR) is 75.3 cm³/mol. The van der Waals surface area contributed by atoms with Crippen molar-refractivity contribution in [3.8, 4) is 0 Å². The molecule has 1 aromatic rings. The lowest BCUT2D eigenvalue weighted by Gasteiger charge is -2.23. The molecule has 2 atom stereocenters. The number of carboxylic acids is 1. The van der Waals surface area contributed by atoms with E-state index in [4.69, 9.17) is 0 Å². The van der Waals surface area contributed by atoms with E-state index in [9.17, 15) is 14.7 Å². The molecule has 19 heavy (non-hydrogen) atoms. The van der Waals surface area contributed by atoms with E-state index in [2.05, 4.69) is 15.9 Å². The minimum atomic E-state index is -0.738. The molecule has 0 aromatic carbocycles. The predicted octanol–water partition coefficient (Wildman–Crippen LogP) is 2.84. The van der Waals surface area contributed by atoms with Gasteiger partial charge in [0.1, 0.15) is 0 Å². The highest BCUT2D eigenvalue weighted by Crippen LogP contribution is 2.49. The molecule has 1 aliphatic heterocycles. The number of halogens is 1. The van der Waals surface area contributed by atoms with E-state index in [1.807, 2.05) is 5.38 Å². The molecule has 0 radical (unpaired) electrons. The summed E-state index contributed by atoms with van der Waals surface area (Å²) in [6.07, 6.45) is 2.58. The van der Waals surface area contributed by atoms with Crippen LogP contribution in [-0.4, -0.2) is 35.0 Å². The van der Waals surface area contributed by atoms with Gasteiger partial charge in [-0.3, -0.25) is 9.59 Å². The van der Waals surface area contributed by atoms with Crippen molar-refractivity contribution in [1.29, 1.82) is 0 Å². The summed E-state index contributed by atoms with van der Waals surface area (Å²) >= 11 is 4.73. The largest absolute Gasteiger partial charge is 0.481 e. The average molecular weight is 344 g/mol. The first-order valence-corrected chi connectivity index (χ1v) is 7.97. The van der Waals surface area contributed by atoms with Gasteiger partial charge in [0.05, 0.1) is 10.3 Å². The van der Waals surface area contributed by atoms with Crippen molar-refractivity contribution < 1.29 is 14.7 Å². The van der Waals surface area contributed by atoms with Crippen LogP contribution in [0.2, 0.25) is 0 Å². The lowest BCUT2D eigenvalue weighted by Crippen LogP contribution is -2.37. The average Bonchev–Trinajstić information content (AvgIpc) is 3.00. The molecule has 2 heterocycles. The summed E-state index contributed by atoms with van der Waals surface area (Å²) in [7, 11) is 0. The van der Waals surface area contributed by atoms with Crippen molar-refractivity contribution in [3.63, 3.8) is 0 Å². The smallest absolute Gasteiger partial charge is 0.311 e. The second kappa shape index (κ2) is 4.59. The van der Waals surface area contributed by atoms with Crippen LogP contribution in [0.3, 0.4) is 0 Å². The molecule has 0 spiro atoms. The number of aliphatic carboxylic acids is 1. The van der Waals surface area contributed by atoms with Crippen molar-refractivity contribution >= 4 is 39.1 Å². The van der Waals surface area contributed by atoms with Gasteiger partial charge in [-0.1, -0.05) is 6.42 Å². The first kappa shape index (κ1) is 13.1. The number of hydrogen-bond donors (Lipinski definition) is 1. The maximum absolute atomic E-state index is 12.4. The fourth-order valence-corrected chi connectivity index (χ4v) is 4.77. The number of fused-ring (bicyclic) bond motifs is 1. The van der Waals surface area contributed by atoms with Crippen molar-refractivity contribution in [2.45, 2.75) is 19.3 Å². The van der Waals surface area contributed by atoms with Crippen LogP contribution in [0.1, 0.15) is 28.9 Å². The van der Waals surface area contributed by atoms with E-state index < -0.39 is 11.4 Å². The summed E-state index contributed by atoms with van der Waals surface area (Å²) in [6.45, 7) is 0.946. The molecular weight excluding hydrogens is 330 g/mol. The van der Waals surface area contributed by atoms with E-state index in [-0.39, 0.29) is 11.8 Å². The van der Waals surface area contributed by atoms with Crippen LogP contribution < -0.4 is 0 Å². The number of carbonyl (C=O) groups excluding carboxylic acids is 1. The van der Waals surface area contributed by atoms with E-state index in [0.717, 1.165) is 17.3 Å². The van der Waals surface area contributed by atoms with Gasteiger partial charge in [0.15, 0.2) is 0 Å². The maximum Gasteiger partial charge on any atom is 0.311 e. The highest BCUT2D eigenvalue weighted by Gasteiger charge is 2.55. The second-order valence-corrected chi connectivity index (χ2v) is 7.19. The monoisotopic (exact) mass is 343 g/mol. The quantitative estimate of drug-likeness (QED) is 0.898. The van der Waals surface area contributed by atoms with Crippen LogP contribution in [0.5, 0.6) is 0 Å². The number of amides is 1. The number of hydrogen-bond acceptors (Lipinski definition) is 3. The van der Waals surface area contributed by atoms with E-state index in [1.165, 1.54) is 11.3 Å². The minimum Gasteiger partial charge on any atom is -0.481 e. The molecule has 102 valence electrons. The van der Waals surface area contributed by atoms with Crippen LogP contribution in [0, 0.1) is 11.3 Å². The first-order valence-electron chi connectivity index (χ1n) is 6.30. The number of nitrogens with zero attached hydrogens (tertiary/aromatic N) is 1. The lowest BCUT2D eigenvalue weighted by atomic mass is 9.81. The number of carboxylic acid groups (broad SMARTS) is 1. The zero-order valence-electron chi connectivity index (χ0n) is 10.3. The van der Waals surface area contributed by atoms with E-state index >= 15 is 0 Å². The summed E-state index contributed by atoms with van der Waals surface area (Å²) in [4.78, 5) is 26.3. The highest BCUT2D eigenvalue weighted by molar-refractivity contribution is 9.10. The number of thiophene rings is 1. The fourth-order valence-electron chi connectivity index (χ4n) is 3.37. The van der Waals surface area contributed by atoms with E-state index in [0.29, 0.717) is 24.4 Å². The molecule has 2 aliphatic rings. The third-order valence-corrected chi connectivity index (χ3v) is 6.04. The highest BCUT2D eigenvalue weighted by atomic mass is 79.9. The Morgan fingerprint density at radius 1 is 1.53 bits per heavy atom. The summed E-state index contributed by atoms with van der Waals surface area (Å²) in [5, 5.41) is 11.4. The van der Waals surface area contributed by atoms with Gasteiger partial charge in [0.25, 0.3) is 5.91 Å².